The number of carbonyl (C=O) groups excluding carboxylic acids is 2. The maximum atomic E-state index is 11.0. The maximum absolute atomic E-state index is 11.0. The van der Waals surface area contributed by atoms with Crippen molar-refractivity contribution in [1.82, 2.24) is 0 Å². The molecular weight excluding hydrogens is 188 g/mol. The van der Waals surface area contributed by atoms with Crippen molar-refractivity contribution < 1.29 is 24.5 Å². The summed E-state index contributed by atoms with van der Waals surface area (Å²) in [4.78, 5) is 28.3. The lowest BCUT2D eigenvalue weighted by Crippen LogP contribution is -2.08. The average Bonchev–Trinajstić information content (AvgIpc) is 2.15. The summed E-state index contributed by atoms with van der Waals surface area (Å²) in [5.41, 5.74) is 1.18. The van der Waals surface area contributed by atoms with Crippen molar-refractivity contribution in [3.05, 3.63) is 35.4 Å². The molecule has 0 aromatic heterocycles. The van der Waals surface area contributed by atoms with Crippen LogP contribution in [0.5, 0.6) is 0 Å². The van der Waals surface area contributed by atoms with Crippen LogP contribution in [-0.2, 0) is 14.9 Å². The lowest BCUT2D eigenvalue weighted by molar-refractivity contribution is -0.203. The number of hydrogen-bond donors (Lipinski definition) is 0. The molecule has 73 valence electrons. The largest absolute Gasteiger partial charge is 0.592 e. The third kappa shape index (κ3) is 2.78. The Morgan fingerprint density at radius 1 is 1.07 bits per heavy atom. The van der Waals surface area contributed by atoms with Gasteiger partial charge in [-0.05, 0) is 19.1 Å². The summed E-state index contributed by atoms with van der Waals surface area (Å²) in [7, 11) is 0. The van der Waals surface area contributed by atoms with Gasteiger partial charge in [0.1, 0.15) is 0 Å². The molecule has 0 aliphatic rings. The van der Waals surface area contributed by atoms with Crippen LogP contribution < -0.4 is 0 Å². The number of carbonyl (C=O) groups is 2. The average molecular weight is 195 g/mol. The summed E-state index contributed by atoms with van der Waals surface area (Å²) in [6.45, 7) is 1.85. The minimum atomic E-state index is -1.91. The van der Waals surface area contributed by atoms with Crippen LogP contribution in [0.1, 0.15) is 15.9 Å². The summed E-state index contributed by atoms with van der Waals surface area (Å²) in [5, 5.41) is 9.78. The highest BCUT2D eigenvalue weighted by Gasteiger charge is 2.11. The minimum absolute atomic E-state index is 0.205. The summed E-state index contributed by atoms with van der Waals surface area (Å²) >= 11 is 0. The van der Waals surface area contributed by atoms with Gasteiger partial charge < -0.3 is 0 Å². The summed E-state index contributed by atoms with van der Waals surface area (Å²) < 4.78 is 0. The zero-order valence-electron chi connectivity index (χ0n) is 7.35. The zero-order chi connectivity index (χ0) is 10.6. The highest BCUT2D eigenvalue weighted by Crippen LogP contribution is 2.04. The van der Waals surface area contributed by atoms with Gasteiger partial charge in [0.2, 0.25) is 0 Å². The molecule has 0 amide bonds. The van der Waals surface area contributed by atoms with Crippen molar-refractivity contribution in [3.63, 3.8) is 0 Å². The van der Waals surface area contributed by atoms with Crippen molar-refractivity contribution in [1.29, 1.82) is 0 Å². The first-order chi connectivity index (χ1) is 6.59. The fourth-order valence-corrected chi connectivity index (χ4v) is 0.810. The van der Waals surface area contributed by atoms with Crippen molar-refractivity contribution in [3.8, 4) is 0 Å². The van der Waals surface area contributed by atoms with Gasteiger partial charge in [0.25, 0.3) is 0 Å². The van der Waals surface area contributed by atoms with Gasteiger partial charge in [-0.3, -0.25) is 0 Å². The van der Waals surface area contributed by atoms with Crippen LogP contribution in [0.15, 0.2) is 24.3 Å². The van der Waals surface area contributed by atoms with E-state index in [4.69, 9.17) is 0 Å². The smallest absolute Gasteiger partial charge is 0.242 e. The molecule has 0 fully saturated rings. The predicted molar refractivity (Wildman–Crippen MR) is 43.8 cm³/mol. The van der Waals surface area contributed by atoms with E-state index < -0.39 is 12.1 Å². The molecule has 0 aliphatic carbocycles. The number of rotatable bonds is 1. The maximum Gasteiger partial charge on any atom is 0.592 e. The van der Waals surface area contributed by atoms with Gasteiger partial charge in [0, 0.05) is 0 Å². The van der Waals surface area contributed by atoms with E-state index >= 15 is 0 Å². The molecule has 5 heteroatoms. The zero-order valence-corrected chi connectivity index (χ0v) is 7.35. The molecule has 1 aromatic carbocycles. The second-order valence-corrected chi connectivity index (χ2v) is 2.57. The molecule has 0 aliphatic heterocycles. The fourth-order valence-electron chi connectivity index (χ4n) is 0.810. The van der Waals surface area contributed by atoms with Crippen LogP contribution in [0.4, 0.5) is 4.79 Å². The first-order valence-corrected chi connectivity index (χ1v) is 3.76. The number of benzene rings is 1. The molecule has 0 saturated heterocycles. The fraction of sp³-hybridized carbons (Fsp3) is 0.111. The van der Waals surface area contributed by atoms with Crippen LogP contribution in [0, 0.1) is 6.92 Å². The first-order valence-electron chi connectivity index (χ1n) is 3.76. The second-order valence-electron chi connectivity index (χ2n) is 2.57. The third-order valence-corrected chi connectivity index (χ3v) is 1.47. The Morgan fingerprint density at radius 2 is 1.64 bits per heavy atom. The van der Waals surface area contributed by atoms with Crippen LogP contribution in [0.25, 0.3) is 0 Å². The van der Waals surface area contributed by atoms with Gasteiger partial charge in [-0.2, -0.15) is 9.90 Å². The van der Waals surface area contributed by atoms with Gasteiger partial charge >= 0.3 is 12.1 Å². The van der Waals surface area contributed by atoms with Crippen molar-refractivity contribution in [2.75, 3.05) is 0 Å². The SMILES string of the molecule is Cc1ccc(C(=O)OOC([O])=O)cc1. The third-order valence-electron chi connectivity index (χ3n) is 1.47. The highest BCUT2D eigenvalue weighted by atomic mass is 17.2. The monoisotopic (exact) mass is 195 g/mol. The van der Waals surface area contributed by atoms with Gasteiger partial charge in [0.05, 0.1) is 5.56 Å². The molecule has 14 heavy (non-hydrogen) atoms. The second kappa shape index (κ2) is 4.27. The van der Waals surface area contributed by atoms with Gasteiger partial charge in [-0.1, -0.05) is 17.7 Å². The van der Waals surface area contributed by atoms with Crippen LogP contribution in [0.3, 0.4) is 0 Å². The standard InChI is InChI=1S/C9H7O5/c1-6-2-4-7(5-3-6)8(10)13-14-9(11)12/h2-5H,1H3. The van der Waals surface area contributed by atoms with Gasteiger partial charge in [0.15, 0.2) is 0 Å². The van der Waals surface area contributed by atoms with Gasteiger partial charge in [-0.15, -0.1) is 0 Å². The Morgan fingerprint density at radius 3 is 2.14 bits per heavy atom. The molecule has 0 spiro atoms. The van der Waals surface area contributed by atoms with E-state index in [1.54, 1.807) is 12.1 Å². The molecule has 0 N–H and O–H groups in total. The van der Waals surface area contributed by atoms with Crippen LogP contribution in [-0.4, -0.2) is 12.1 Å². The van der Waals surface area contributed by atoms with E-state index in [1.807, 2.05) is 6.92 Å². The predicted octanol–water partition coefficient (Wildman–Crippen LogP) is 1.63. The van der Waals surface area contributed by atoms with E-state index in [0.29, 0.717) is 0 Å². The Balaban J connectivity index is 2.61. The summed E-state index contributed by atoms with van der Waals surface area (Å²) in [6.07, 6.45) is -1.91. The van der Waals surface area contributed by atoms with E-state index in [0.717, 1.165) is 5.56 Å². The van der Waals surface area contributed by atoms with Crippen LogP contribution >= 0.6 is 0 Å². The van der Waals surface area contributed by atoms with E-state index in [2.05, 4.69) is 9.78 Å². The molecule has 1 aromatic rings. The van der Waals surface area contributed by atoms with E-state index in [-0.39, 0.29) is 5.56 Å². The highest BCUT2D eigenvalue weighted by molar-refractivity contribution is 5.89. The molecule has 5 nitrogen and oxygen atoms in total. The molecule has 1 rings (SSSR count). The van der Waals surface area contributed by atoms with Crippen molar-refractivity contribution in [2.45, 2.75) is 6.92 Å². The molecule has 0 saturated carbocycles. The number of aryl methyl sites for hydroxylation is 1. The Hall–Kier alpha value is -2.04. The van der Waals surface area contributed by atoms with E-state index in [1.165, 1.54) is 12.1 Å². The molecule has 0 heterocycles. The normalized spacial score (nSPS) is 9.21. The Labute approximate surface area is 79.8 Å². The van der Waals surface area contributed by atoms with E-state index in [9.17, 15) is 14.7 Å². The number of hydrogen-bond acceptors (Lipinski definition) is 4. The Kier molecular flexibility index (Phi) is 3.06. The molecular formula is C9H7O5. The molecule has 1 radical (unpaired) electrons. The lowest BCUT2D eigenvalue weighted by atomic mass is 10.2. The van der Waals surface area contributed by atoms with Crippen molar-refractivity contribution in [2.24, 2.45) is 0 Å². The quantitative estimate of drug-likeness (QED) is 0.504. The van der Waals surface area contributed by atoms with Crippen LogP contribution in [0.2, 0.25) is 0 Å². The topological polar surface area (TPSA) is 72.5 Å². The van der Waals surface area contributed by atoms with Gasteiger partial charge in [-0.25, -0.2) is 14.6 Å². The summed E-state index contributed by atoms with van der Waals surface area (Å²) in [5.74, 6) is -0.880. The Bertz CT molecular complexity index is 341. The molecule has 0 atom stereocenters. The first kappa shape index (κ1) is 10.0. The lowest BCUT2D eigenvalue weighted by Gasteiger charge is -1.99. The molecule has 0 unspecified atom stereocenters. The molecule has 0 bridgehead atoms. The summed E-state index contributed by atoms with van der Waals surface area (Å²) in [6, 6.07) is 6.37. The minimum Gasteiger partial charge on any atom is -0.242 e. The van der Waals surface area contributed by atoms with Crippen molar-refractivity contribution >= 4 is 12.1 Å².